The maximum atomic E-state index is 13.0. The fourth-order valence-electron chi connectivity index (χ4n) is 5.39. The van der Waals surface area contributed by atoms with Crippen molar-refractivity contribution >= 4 is 30.6 Å². The van der Waals surface area contributed by atoms with E-state index in [-0.39, 0.29) is 29.4 Å². The molecule has 0 spiro atoms. The number of rotatable bonds is 7. The van der Waals surface area contributed by atoms with Crippen molar-refractivity contribution in [1.29, 1.82) is 0 Å². The van der Waals surface area contributed by atoms with Gasteiger partial charge in [-0.05, 0) is 21.8 Å². The van der Waals surface area contributed by atoms with E-state index in [2.05, 4.69) is 69.3 Å². The summed E-state index contributed by atoms with van der Waals surface area (Å²) in [6.07, 6.45) is 0.177. The summed E-state index contributed by atoms with van der Waals surface area (Å²) in [5.74, 6) is 0.0144. The van der Waals surface area contributed by atoms with E-state index in [0.29, 0.717) is 18.5 Å². The summed E-state index contributed by atoms with van der Waals surface area (Å²) < 4.78 is 12.4. The van der Waals surface area contributed by atoms with Crippen molar-refractivity contribution in [2.75, 3.05) is 13.7 Å². The van der Waals surface area contributed by atoms with E-state index in [1.165, 1.54) is 17.5 Å². The third kappa shape index (κ3) is 5.15. The molecule has 0 saturated carbocycles. The van der Waals surface area contributed by atoms with Crippen LogP contribution in [0.25, 0.3) is 0 Å². The van der Waals surface area contributed by atoms with Gasteiger partial charge in [-0.2, -0.15) is 0 Å². The van der Waals surface area contributed by atoms with Crippen molar-refractivity contribution in [1.82, 2.24) is 4.90 Å². The average Bonchev–Trinajstić information content (AvgIpc) is 3.29. The van der Waals surface area contributed by atoms with Crippen molar-refractivity contribution in [2.45, 2.75) is 50.8 Å². The highest BCUT2D eigenvalue weighted by Gasteiger charge is 2.53. The predicted molar refractivity (Wildman–Crippen MR) is 145 cm³/mol. The van der Waals surface area contributed by atoms with Gasteiger partial charge in [0.15, 0.2) is 5.78 Å². The Labute approximate surface area is 215 Å². The third-order valence-electron chi connectivity index (χ3n) is 7.06. The monoisotopic (exact) mass is 501 g/mol. The molecule has 0 bridgehead atoms. The lowest BCUT2D eigenvalue weighted by atomic mass is 10.0. The molecule has 3 aromatic rings. The highest BCUT2D eigenvalue weighted by molar-refractivity contribution is 6.99. The second kappa shape index (κ2) is 10.8. The van der Waals surface area contributed by atoms with Crippen LogP contribution in [-0.4, -0.2) is 50.9 Å². The molecule has 1 aliphatic rings. The molecule has 4 rings (SSSR count). The number of likely N-dealkylation sites (tertiary alicyclic amines) is 1. The summed E-state index contributed by atoms with van der Waals surface area (Å²) in [6.45, 7) is 7.11. The number of nitrogens with zero attached hydrogens (tertiary/aromatic N) is 1. The van der Waals surface area contributed by atoms with Crippen molar-refractivity contribution < 1.29 is 18.8 Å². The molecule has 1 aliphatic heterocycles. The standard InChI is InChI=1S/C30H35NO4Si/c1-30(2,3)36(26-16-10-6-11-17-26,27-18-12-7-13-19-27)35-25-20-24(31(22-25)29(33)34-4)21-28(32)23-14-8-5-9-15-23/h5-19,24-25H,20-22H2,1-4H3/t24-,25+/m0/s1. The van der Waals surface area contributed by atoms with Crippen LogP contribution >= 0.6 is 0 Å². The second-order valence-electron chi connectivity index (χ2n) is 10.4. The van der Waals surface area contributed by atoms with E-state index >= 15 is 0 Å². The Balaban J connectivity index is 1.69. The Bertz CT molecular complexity index is 1120. The first-order valence-corrected chi connectivity index (χ1v) is 14.4. The molecular weight excluding hydrogens is 466 g/mol. The van der Waals surface area contributed by atoms with Gasteiger partial charge >= 0.3 is 6.09 Å². The van der Waals surface area contributed by atoms with Gasteiger partial charge < -0.3 is 14.1 Å². The number of benzene rings is 3. The zero-order chi connectivity index (χ0) is 25.8. The first-order chi connectivity index (χ1) is 17.3. The Morgan fingerprint density at radius 3 is 1.83 bits per heavy atom. The van der Waals surface area contributed by atoms with Crippen molar-refractivity contribution in [3.63, 3.8) is 0 Å². The molecule has 1 amide bonds. The molecule has 1 heterocycles. The highest BCUT2D eigenvalue weighted by atomic mass is 28.4. The number of hydrogen-bond acceptors (Lipinski definition) is 4. The van der Waals surface area contributed by atoms with E-state index in [1.807, 2.05) is 42.5 Å². The van der Waals surface area contributed by atoms with Crippen LogP contribution in [-0.2, 0) is 9.16 Å². The van der Waals surface area contributed by atoms with Crippen LogP contribution < -0.4 is 10.4 Å². The maximum absolute atomic E-state index is 13.0. The highest BCUT2D eigenvalue weighted by Crippen LogP contribution is 2.39. The molecule has 2 atom stereocenters. The summed E-state index contributed by atoms with van der Waals surface area (Å²) in [5, 5.41) is 2.21. The molecule has 0 unspecified atom stereocenters. The van der Waals surface area contributed by atoms with Crippen LogP contribution in [0.4, 0.5) is 4.79 Å². The molecule has 0 aromatic heterocycles. The minimum atomic E-state index is -2.79. The molecular formula is C30H35NO4Si. The molecule has 3 aromatic carbocycles. The number of hydrogen-bond donors (Lipinski definition) is 0. The average molecular weight is 502 g/mol. The number of carbonyl (C=O) groups is 2. The summed E-state index contributed by atoms with van der Waals surface area (Å²) in [5.41, 5.74) is 0.652. The zero-order valence-electron chi connectivity index (χ0n) is 21.5. The van der Waals surface area contributed by atoms with Crippen LogP contribution in [0.1, 0.15) is 44.0 Å². The van der Waals surface area contributed by atoms with Crippen LogP contribution in [0.5, 0.6) is 0 Å². The quantitative estimate of drug-likeness (QED) is 0.336. The predicted octanol–water partition coefficient (Wildman–Crippen LogP) is 5.05. The van der Waals surface area contributed by atoms with Crippen molar-refractivity contribution in [3.8, 4) is 0 Å². The third-order valence-corrected chi connectivity index (χ3v) is 12.2. The molecule has 188 valence electrons. The van der Waals surface area contributed by atoms with E-state index in [1.54, 1.807) is 4.90 Å². The fourth-order valence-corrected chi connectivity index (χ4v) is 10.1. The first kappa shape index (κ1) is 25.9. The van der Waals surface area contributed by atoms with Crippen LogP contribution in [0.15, 0.2) is 91.0 Å². The number of methoxy groups -OCH3 is 1. The Morgan fingerprint density at radius 2 is 1.36 bits per heavy atom. The van der Waals surface area contributed by atoms with Gasteiger partial charge in [-0.15, -0.1) is 0 Å². The molecule has 0 radical (unpaired) electrons. The number of ketones is 1. The van der Waals surface area contributed by atoms with Gasteiger partial charge in [0.1, 0.15) is 0 Å². The molecule has 1 fully saturated rings. The summed E-state index contributed by atoms with van der Waals surface area (Å²) >= 11 is 0. The van der Waals surface area contributed by atoms with E-state index < -0.39 is 14.4 Å². The van der Waals surface area contributed by atoms with Crippen LogP contribution in [0.2, 0.25) is 5.04 Å². The van der Waals surface area contributed by atoms with E-state index in [0.717, 1.165) is 0 Å². The van der Waals surface area contributed by atoms with Gasteiger partial charge in [0.25, 0.3) is 8.32 Å². The second-order valence-corrected chi connectivity index (χ2v) is 14.7. The lowest BCUT2D eigenvalue weighted by Crippen LogP contribution is -2.67. The normalized spacial score (nSPS) is 18.2. The zero-order valence-corrected chi connectivity index (χ0v) is 22.5. The van der Waals surface area contributed by atoms with Gasteiger partial charge in [-0.25, -0.2) is 4.79 Å². The van der Waals surface area contributed by atoms with Gasteiger partial charge in [0.05, 0.1) is 13.2 Å². The topological polar surface area (TPSA) is 55.8 Å². The number of Topliss-reactive ketones (excluding diaryl/α,β-unsaturated/α-hetero) is 1. The molecule has 0 aliphatic carbocycles. The largest absolute Gasteiger partial charge is 0.453 e. The Morgan fingerprint density at radius 1 is 0.861 bits per heavy atom. The number of ether oxygens (including phenoxy) is 1. The lowest BCUT2D eigenvalue weighted by molar-refractivity contribution is 0.0911. The van der Waals surface area contributed by atoms with Gasteiger partial charge in [0.2, 0.25) is 0 Å². The minimum Gasteiger partial charge on any atom is -0.453 e. The molecule has 6 heteroatoms. The summed E-state index contributed by atoms with van der Waals surface area (Å²) in [6, 6.07) is 29.9. The van der Waals surface area contributed by atoms with E-state index in [4.69, 9.17) is 9.16 Å². The van der Waals surface area contributed by atoms with Crippen LogP contribution in [0, 0.1) is 0 Å². The molecule has 36 heavy (non-hydrogen) atoms. The lowest BCUT2D eigenvalue weighted by Gasteiger charge is -2.44. The molecule has 1 saturated heterocycles. The van der Waals surface area contributed by atoms with Gasteiger partial charge in [-0.1, -0.05) is 112 Å². The fraction of sp³-hybridized carbons (Fsp3) is 0.333. The molecule has 0 N–H and O–H groups in total. The maximum Gasteiger partial charge on any atom is 0.409 e. The van der Waals surface area contributed by atoms with Crippen LogP contribution in [0.3, 0.4) is 0 Å². The minimum absolute atomic E-state index is 0.0144. The van der Waals surface area contributed by atoms with Gasteiger partial charge in [0, 0.05) is 24.6 Å². The molecule has 5 nitrogen and oxygen atoms in total. The Kier molecular flexibility index (Phi) is 7.76. The van der Waals surface area contributed by atoms with Crippen molar-refractivity contribution in [2.24, 2.45) is 0 Å². The SMILES string of the molecule is COC(=O)N1C[C@H](O[Si](c2ccccc2)(c2ccccc2)C(C)(C)C)C[C@H]1CC(=O)c1ccccc1. The Hall–Kier alpha value is -3.22. The van der Waals surface area contributed by atoms with Gasteiger partial charge in [-0.3, -0.25) is 4.79 Å². The van der Waals surface area contributed by atoms with E-state index in [9.17, 15) is 9.59 Å². The first-order valence-electron chi connectivity index (χ1n) is 12.5. The van der Waals surface area contributed by atoms with Crippen molar-refractivity contribution in [3.05, 3.63) is 96.6 Å². The summed E-state index contributed by atoms with van der Waals surface area (Å²) in [7, 11) is -1.40. The number of amides is 1. The summed E-state index contributed by atoms with van der Waals surface area (Å²) in [4.78, 5) is 27.4. The number of carbonyl (C=O) groups excluding carboxylic acids is 2. The smallest absolute Gasteiger partial charge is 0.409 e.